The Bertz CT molecular complexity index is 438. The highest BCUT2D eigenvalue weighted by Crippen LogP contribution is 2.27. The third-order valence-corrected chi connectivity index (χ3v) is 2.93. The van der Waals surface area contributed by atoms with Gasteiger partial charge < -0.3 is 11.1 Å². The van der Waals surface area contributed by atoms with E-state index in [0.29, 0.717) is 12.3 Å². The summed E-state index contributed by atoms with van der Waals surface area (Å²) in [5, 5.41) is 2.93. The summed E-state index contributed by atoms with van der Waals surface area (Å²) in [7, 11) is 0. The summed E-state index contributed by atoms with van der Waals surface area (Å²) in [5.41, 5.74) is 8.84. The van der Waals surface area contributed by atoms with Gasteiger partial charge in [-0.15, -0.1) is 6.58 Å². The van der Waals surface area contributed by atoms with Crippen LogP contribution in [0.1, 0.15) is 37.3 Å². The highest BCUT2D eigenvalue weighted by atomic mass is 16.2. The average molecular weight is 246 g/mol. The maximum absolute atomic E-state index is 11.9. The summed E-state index contributed by atoms with van der Waals surface area (Å²) in [6.07, 6.45) is 2.14. The Morgan fingerprint density at radius 1 is 1.50 bits per heavy atom. The van der Waals surface area contributed by atoms with Gasteiger partial charge in [0.15, 0.2) is 0 Å². The van der Waals surface area contributed by atoms with E-state index in [4.69, 9.17) is 5.73 Å². The second-order valence-corrected chi connectivity index (χ2v) is 4.81. The smallest absolute Gasteiger partial charge is 0.241 e. The second-order valence-electron chi connectivity index (χ2n) is 4.81. The zero-order chi connectivity index (χ0) is 13.7. The van der Waals surface area contributed by atoms with Crippen LogP contribution in [0.4, 0.5) is 5.69 Å². The zero-order valence-corrected chi connectivity index (χ0v) is 11.4. The number of anilines is 1. The van der Waals surface area contributed by atoms with E-state index in [-0.39, 0.29) is 5.91 Å². The molecular weight excluding hydrogens is 224 g/mol. The fourth-order valence-electron chi connectivity index (χ4n) is 1.84. The Hall–Kier alpha value is -1.61. The average Bonchev–Trinajstić information content (AvgIpc) is 2.31. The predicted octanol–water partition coefficient (Wildman–Crippen LogP) is 2.96. The fraction of sp³-hybridized carbons (Fsp3) is 0.400. The van der Waals surface area contributed by atoms with E-state index in [9.17, 15) is 4.79 Å². The van der Waals surface area contributed by atoms with Crippen molar-refractivity contribution >= 4 is 11.6 Å². The first kappa shape index (κ1) is 14.5. The molecule has 0 aromatic heterocycles. The highest BCUT2D eigenvalue weighted by Gasteiger charge is 2.16. The Labute approximate surface area is 109 Å². The first-order valence-electron chi connectivity index (χ1n) is 6.24. The summed E-state index contributed by atoms with van der Waals surface area (Å²) in [6, 6.07) is 5.48. The zero-order valence-electron chi connectivity index (χ0n) is 11.4. The number of aryl methyl sites for hydroxylation is 1. The maximum Gasteiger partial charge on any atom is 0.241 e. The third kappa shape index (κ3) is 3.44. The number of rotatable bonds is 5. The predicted molar refractivity (Wildman–Crippen MR) is 76.7 cm³/mol. The molecule has 0 aliphatic carbocycles. The molecule has 3 N–H and O–H groups in total. The number of hydrogen-bond acceptors (Lipinski definition) is 2. The molecule has 1 rings (SSSR count). The molecule has 1 aromatic carbocycles. The molecule has 1 amide bonds. The molecule has 0 fully saturated rings. The quantitative estimate of drug-likeness (QED) is 0.785. The van der Waals surface area contributed by atoms with Gasteiger partial charge in [0.1, 0.15) is 0 Å². The summed E-state index contributed by atoms with van der Waals surface area (Å²) < 4.78 is 0. The van der Waals surface area contributed by atoms with Gasteiger partial charge >= 0.3 is 0 Å². The van der Waals surface area contributed by atoms with E-state index in [2.05, 4.69) is 25.7 Å². The standard InChI is InChI=1S/C15H22N2O/c1-5-7-13(16)15(18)17-14-11(4)8-6-9-12(14)10(2)3/h5-6,8-10,13H,1,7,16H2,2-4H3,(H,17,18). The van der Waals surface area contributed by atoms with Gasteiger partial charge in [-0.1, -0.05) is 38.1 Å². The first-order chi connectivity index (χ1) is 8.47. The van der Waals surface area contributed by atoms with Crippen LogP contribution < -0.4 is 11.1 Å². The molecule has 1 unspecified atom stereocenters. The molecule has 98 valence electrons. The van der Waals surface area contributed by atoms with Gasteiger partial charge in [-0.25, -0.2) is 0 Å². The van der Waals surface area contributed by atoms with Crippen LogP contribution in [0.5, 0.6) is 0 Å². The van der Waals surface area contributed by atoms with Crippen LogP contribution in [-0.4, -0.2) is 11.9 Å². The van der Waals surface area contributed by atoms with E-state index in [0.717, 1.165) is 16.8 Å². The van der Waals surface area contributed by atoms with Crippen molar-refractivity contribution < 1.29 is 4.79 Å². The Kier molecular flexibility index (Phi) is 5.10. The van der Waals surface area contributed by atoms with Crippen molar-refractivity contribution in [1.29, 1.82) is 0 Å². The van der Waals surface area contributed by atoms with Crippen molar-refractivity contribution in [3.05, 3.63) is 42.0 Å². The van der Waals surface area contributed by atoms with Crippen LogP contribution >= 0.6 is 0 Å². The SMILES string of the molecule is C=CCC(N)C(=O)Nc1c(C)cccc1C(C)C. The van der Waals surface area contributed by atoms with Crippen molar-refractivity contribution in [2.75, 3.05) is 5.32 Å². The van der Waals surface area contributed by atoms with Crippen LogP contribution in [0, 0.1) is 6.92 Å². The maximum atomic E-state index is 11.9. The molecule has 1 atom stereocenters. The largest absolute Gasteiger partial charge is 0.324 e. The molecule has 1 aromatic rings. The number of para-hydroxylation sites is 1. The normalized spacial score (nSPS) is 12.3. The molecule has 0 aliphatic rings. The second kappa shape index (κ2) is 6.36. The van der Waals surface area contributed by atoms with Gasteiger partial charge in [0.05, 0.1) is 6.04 Å². The van der Waals surface area contributed by atoms with Crippen LogP contribution in [0.3, 0.4) is 0 Å². The van der Waals surface area contributed by atoms with Crippen LogP contribution in [0.25, 0.3) is 0 Å². The monoisotopic (exact) mass is 246 g/mol. The molecule has 0 saturated heterocycles. The van der Waals surface area contributed by atoms with Crippen molar-refractivity contribution in [2.24, 2.45) is 5.73 Å². The number of hydrogen-bond donors (Lipinski definition) is 2. The minimum absolute atomic E-state index is 0.161. The van der Waals surface area contributed by atoms with Crippen molar-refractivity contribution in [2.45, 2.75) is 39.2 Å². The van der Waals surface area contributed by atoms with E-state index in [1.165, 1.54) is 0 Å². The van der Waals surface area contributed by atoms with Crippen LogP contribution in [-0.2, 0) is 4.79 Å². The lowest BCUT2D eigenvalue weighted by atomic mass is 9.98. The molecule has 0 spiro atoms. The van der Waals surface area contributed by atoms with Gasteiger partial charge in [0, 0.05) is 5.69 Å². The molecule has 3 heteroatoms. The number of carbonyl (C=O) groups is 1. The van der Waals surface area contributed by atoms with Crippen LogP contribution in [0.2, 0.25) is 0 Å². The molecule has 3 nitrogen and oxygen atoms in total. The summed E-state index contributed by atoms with van der Waals surface area (Å²) in [4.78, 5) is 11.9. The van der Waals surface area contributed by atoms with Crippen molar-refractivity contribution in [1.82, 2.24) is 0 Å². The lowest BCUT2D eigenvalue weighted by Gasteiger charge is -2.18. The topological polar surface area (TPSA) is 55.1 Å². The van der Waals surface area contributed by atoms with Gasteiger partial charge in [-0.2, -0.15) is 0 Å². The van der Waals surface area contributed by atoms with Gasteiger partial charge in [-0.05, 0) is 30.4 Å². The Morgan fingerprint density at radius 2 is 2.17 bits per heavy atom. The number of carbonyl (C=O) groups excluding carboxylic acids is 1. The lowest BCUT2D eigenvalue weighted by molar-refractivity contribution is -0.117. The minimum Gasteiger partial charge on any atom is -0.324 e. The molecule has 0 aliphatic heterocycles. The number of nitrogens with two attached hydrogens (primary N) is 1. The third-order valence-electron chi connectivity index (χ3n) is 2.93. The van der Waals surface area contributed by atoms with E-state index < -0.39 is 6.04 Å². The van der Waals surface area contributed by atoms with Crippen molar-refractivity contribution in [3.8, 4) is 0 Å². The molecule has 0 bridgehead atoms. The molecule has 0 heterocycles. The summed E-state index contributed by atoms with van der Waals surface area (Å²) in [5.74, 6) is 0.196. The van der Waals surface area contributed by atoms with E-state index in [1.54, 1.807) is 6.08 Å². The minimum atomic E-state index is -0.540. The van der Waals surface area contributed by atoms with E-state index >= 15 is 0 Å². The molecule has 18 heavy (non-hydrogen) atoms. The molecule has 0 saturated carbocycles. The van der Waals surface area contributed by atoms with Crippen LogP contribution in [0.15, 0.2) is 30.9 Å². The van der Waals surface area contributed by atoms with Crippen molar-refractivity contribution in [3.63, 3.8) is 0 Å². The Morgan fingerprint density at radius 3 is 2.72 bits per heavy atom. The lowest BCUT2D eigenvalue weighted by Crippen LogP contribution is -2.35. The van der Waals surface area contributed by atoms with Gasteiger partial charge in [-0.3, -0.25) is 4.79 Å². The molecule has 0 radical (unpaired) electrons. The van der Waals surface area contributed by atoms with Gasteiger partial charge in [0.25, 0.3) is 0 Å². The summed E-state index contributed by atoms with van der Waals surface area (Å²) >= 11 is 0. The molecular formula is C15H22N2O. The Balaban J connectivity index is 2.96. The number of nitrogens with one attached hydrogen (secondary N) is 1. The summed E-state index contributed by atoms with van der Waals surface area (Å²) in [6.45, 7) is 9.79. The van der Waals surface area contributed by atoms with Gasteiger partial charge in [0.2, 0.25) is 5.91 Å². The first-order valence-corrected chi connectivity index (χ1v) is 6.24. The number of amides is 1. The van der Waals surface area contributed by atoms with E-state index in [1.807, 2.05) is 25.1 Å². The number of benzene rings is 1. The highest BCUT2D eigenvalue weighted by molar-refractivity contribution is 5.96. The fourth-order valence-corrected chi connectivity index (χ4v) is 1.84.